The summed E-state index contributed by atoms with van der Waals surface area (Å²) in [5.41, 5.74) is 9.56. The van der Waals surface area contributed by atoms with Gasteiger partial charge in [0, 0.05) is 47.4 Å². The van der Waals surface area contributed by atoms with Crippen LogP contribution in [-0.2, 0) is 6.42 Å². The second-order valence-corrected chi connectivity index (χ2v) is 13.2. The molecular weight excluding hydrogens is 609 g/mol. The van der Waals surface area contributed by atoms with Gasteiger partial charge >= 0.3 is 0 Å². The molecule has 0 N–H and O–H groups in total. The van der Waals surface area contributed by atoms with Gasteiger partial charge in [-0.05, 0) is 81.8 Å². The zero-order valence-electron chi connectivity index (χ0n) is 28.6. The molecule has 0 radical (unpaired) electrons. The highest BCUT2D eigenvalue weighted by Crippen LogP contribution is 2.40. The van der Waals surface area contributed by atoms with Crippen molar-refractivity contribution in [1.29, 1.82) is 0 Å². The number of allylic oxidation sites excluding steroid dienone is 1. The minimum absolute atomic E-state index is 0.409. The average molecular weight is 649 g/mol. The van der Waals surface area contributed by atoms with Crippen molar-refractivity contribution in [2.75, 3.05) is 13.1 Å². The topological polar surface area (TPSA) is 32.9 Å². The van der Waals surface area contributed by atoms with Crippen molar-refractivity contribution in [3.8, 4) is 5.69 Å². The molecule has 4 heteroatoms. The molecule has 1 aliphatic heterocycles. The summed E-state index contributed by atoms with van der Waals surface area (Å²) in [4.78, 5) is 12.2. The number of aliphatic imine (C=N–C) groups is 2. The summed E-state index contributed by atoms with van der Waals surface area (Å²) in [6.07, 6.45) is 8.65. The van der Waals surface area contributed by atoms with E-state index in [1.165, 1.54) is 49.2 Å². The fraction of sp³-hybridized carbons (Fsp3) is 0.130. The van der Waals surface area contributed by atoms with E-state index in [9.17, 15) is 0 Å². The molecule has 0 aliphatic carbocycles. The lowest BCUT2D eigenvalue weighted by molar-refractivity contribution is 0.399. The summed E-state index contributed by atoms with van der Waals surface area (Å²) in [5, 5.41) is 6.20. The van der Waals surface area contributed by atoms with Gasteiger partial charge in [-0.25, -0.2) is 4.99 Å². The molecule has 6 aromatic carbocycles. The molecule has 2 heterocycles. The maximum absolute atomic E-state index is 5.02. The molecule has 1 aliphatic rings. The molecule has 1 unspecified atom stereocenters. The molecule has 1 aromatic heterocycles. The van der Waals surface area contributed by atoms with Crippen LogP contribution in [0.3, 0.4) is 0 Å². The Labute approximate surface area is 294 Å². The third-order valence-electron chi connectivity index (χ3n) is 9.98. The highest BCUT2D eigenvalue weighted by atomic mass is 15.1. The van der Waals surface area contributed by atoms with Crippen LogP contribution in [0.5, 0.6) is 0 Å². The predicted molar refractivity (Wildman–Crippen MR) is 214 cm³/mol. The molecule has 0 saturated heterocycles. The van der Waals surface area contributed by atoms with Crippen molar-refractivity contribution >= 4 is 56.4 Å². The number of aryl methyl sites for hydroxylation is 1. The minimum Gasteiger partial charge on any atom is -0.370 e. The first-order chi connectivity index (χ1) is 24.6. The molecule has 0 spiro atoms. The Balaban J connectivity index is 1.23. The monoisotopic (exact) mass is 648 g/mol. The Hall–Kier alpha value is -6.00. The van der Waals surface area contributed by atoms with Gasteiger partial charge in [-0.1, -0.05) is 123 Å². The zero-order valence-corrected chi connectivity index (χ0v) is 28.6. The fourth-order valence-electron chi connectivity index (χ4n) is 7.59. The quantitative estimate of drug-likeness (QED) is 0.113. The van der Waals surface area contributed by atoms with Crippen LogP contribution in [0.2, 0.25) is 0 Å². The molecule has 244 valence electrons. The molecule has 0 saturated carbocycles. The summed E-state index contributed by atoms with van der Waals surface area (Å²) < 4.78 is 2.25. The maximum atomic E-state index is 5.02. The largest absolute Gasteiger partial charge is 0.370 e. The number of hydrogen-bond acceptors (Lipinski definition) is 3. The Kier molecular flexibility index (Phi) is 8.44. The summed E-state index contributed by atoms with van der Waals surface area (Å²) in [6, 6.07) is 45.8. The molecule has 8 rings (SSSR count). The van der Waals surface area contributed by atoms with E-state index in [-0.39, 0.29) is 0 Å². The van der Waals surface area contributed by atoms with Gasteiger partial charge in [0.25, 0.3) is 0 Å². The van der Waals surface area contributed by atoms with E-state index < -0.39 is 0 Å². The van der Waals surface area contributed by atoms with E-state index >= 15 is 0 Å². The van der Waals surface area contributed by atoms with Gasteiger partial charge in [-0.15, -0.1) is 0 Å². The Bertz CT molecular complexity index is 2390. The lowest BCUT2D eigenvalue weighted by Crippen LogP contribution is -2.27. The Morgan fingerprint density at radius 2 is 1.42 bits per heavy atom. The van der Waals surface area contributed by atoms with Gasteiger partial charge in [0.2, 0.25) is 0 Å². The van der Waals surface area contributed by atoms with E-state index in [0.717, 1.165) is 47.8 Å². The van der Waals surface area contributed by atoms with E-state index in [0.29, 0.717) is 5.92 Å². The number of aromatic nitrogens is 1. The van der Waals surface area contributed by atoms with Gasteiger partial charge in [-0.3, -0.25) is 9.56 Å². The van der Waals surface area contributed by atoms with Gasteiger partial charge in [0.15, 0.2) is 0 Å². The SMILES string of the molecule is C=CC=Nc1c(C)c2cc(Cc3c4ccccc4c(C4=CN(CC(C)c5ccccc5)CC=N4)c4ccccc34)ccc2n1-c1ccccc1. The van der Waals surface area contributed by atoms with Gasteiger partial charge in [0.05, 0.1) is 17.8 Å². The van der Waals surface area contributed by atoms with Crippen molar-refractivity contribution in [3.63, 3.8) is 0 Å². The Morgan fingerprint density at radius 3 is 2.10 bits per heavy atom. The summed E-state index contributed by atoms with van der Waals surface area (Å²) in [6.45, 7) is 10.1. The van der Waals surface area contributed by atoms with Crippen molar-refractivity contribution in [1.82, 2.24) is 9.47 Å². The standard InChI is InChI=1S/C46H40N4/c1-4-25-48-46-33(3)41-28-34(23-24-44(41)50(46)36-17-9-6-10-18-36)29-42-37-19-11-13-21-39(37)45(40-22-14-12-20-38(40)42)43-31-49(27-26-47-43)30-32(2)35-15-7-5-8-16-35/h4-26,28,31-32H,1,27,29-30H2,2-3H3. The summed E-state index contributed by atoms with van der Waals surface area (Å²) >= 11 is 0. The predicted octanol–water partition coefficient (Wildman–Crippen LogP) is 11.2. The van der Waals surface area contributed by atoms with Crippen LogP contribution in [0, 0.1) is 6.92 Å². The van der Waals surface area contributed by atoms with E-state index in [2.05, 4.69) is 164 Å². The lowest BCUT2D eigenvalue weighted by atomic mass is 9.87. The van der Waals surface area contributed by atoms with Crippen LogP contribution in [0.15, 0.2) is 156 Å². The first-order valence-corrected chi connectivity index (χ1v) is 17.4. The van der Waals surface area contributed by atoms with Gasteiger partial charge in [-0.2, -0.15) is 0 Å². The second kappa shape index (κ2) is 13.5. The molecule has 50 heavy (non-hydrogen) atoms. The summed E-state index contributed by atoms with van der Waals surface area (Å²) in [7, 11) is 0. The zero-order chi connectivity index (χ0) is 34.0. The molecular formula is C46H40N4. The molecule has 0 amide bonds. The lowest BCUT2D eigenvalue weighted by Gasteiger charge is -2.27. The van der Waals surface area contributed by atoms with E-state index in [1.54, 1.807) is 12.3 Å². The first-order valence-electron chi connectivity index (χ1n) is 17.4. The number of rotatable bonds is 9. The number of nitrogens with zero attached hydrogens (tertiary/aromatic N) is 4. The van der Waals surface area contributed by atoms with Crippen LogP contribution in [0.25, 0.3) is 43.8 Å². The average Bonchev–Trinajstić information content (AvgIpc) is 3.44. The highest BCUT2D eigenvalue weighted by molar-refractivity contribution is 6.12. The fourth-order valence-corrected chi connectivity index (χ4v) is 7.59. The van der Waals surface area contributed by atoms with Gasteiger partial charge in [0.1, 0.15) is 5.82 Å². The van der Waals surface area contributed by atoms with Crippen LogP contribution in [0.4, 0.5) is 5.82 Å². The van der Waals surface area contributed by atoms with E-state index in [1.807, 2.05) is 6.07 Å². The maximum Gasteiger partial charge on any atom is 0.141 e. The number of fused-ring (bicyclic) bond motifs is 3. The molecule has 0 bridgehead atoms. The first kappa shape index (κ1) is 31.3. The molecule has 0 fully saturated rings. The summed E-state index contributed by atoms with van der Waals surface area (Å²) in [5.74, 6) is 1.34. The second-order valence-electron chi connectivity index (χ2n) is 13.2. The van der Waals surface area contributed by atoms with Crippen LogP contribution < -0.4 is 0 Å². The third-order valence-corrected chi connectivity index (χ3v) is 9.98. The number of benzene rings is 6. The van der Waals surface area contributed by atoms with Gasteiger partial charge < -0.3 is 4.90 Å². The van der Waals surface area contributed by atoms with Crippen LogP contribution in [-0.4, -0.2) is 35.0 Å². The van der Waals surface area contributed by atoms with E-state index in [4.69, 9.17) is 9.98 Å². The highest BCUT2D eigenvalue weighted by Gasteiger charge is 2.21. The Morgan fingerprint density at radius 1 is 0.780 bits per heavy atom. The van der Waals surface area contributed by atoms with Crippen molar-refractivity contribution in [2.45, 2.75) is 26.2 Å². The number of hydrogen-bond donors (Lipinski definition) is 0. The normalized spacial score (nSPS) is 13.8. The molecule has 4 nitrogen and oxygen atoms in total. The minimum atomic E-state index is 0.409. The van der Waals surface area contributed by atoms with Crippen molar-refractivity contribution in [3.05, 3.63) is 174 Å². The smallest absolute Gasteiger partial charge is 0.141 e. The van der Waals surface area contributed by atoms with Crippen molar-refractivity contribution < 1.29 is 0 Å². The number of para-hydroxylation sites is 1. The molecule has 7 aromatic rings. The molecule has 1 atom stereocenters. The van der Waals surface area contributed by atoms with Crippen LogP contribution >= 0.6 is 0 Å². The third kappa shape index (κ3) is 5.73. The van der Waals surface area contributed by atoms with Crippen LogP contribution in [0.1, 0.15) is 40.7 Å². The van der Waals surface area contributed by atoms with Crippen molar-refractivity contribution in [2.24, 2.45) is 9.98 Å².